The predicted octanol–water partition coefficient (Wildman–Crippen LogP) is 3.49. The molecule has 0 fully saturated rings. The van der Waals surface area contributed by atoms with Gasteiger partial charge in [0.1, 0.15) is 5.75 Å². The molecule has 0 aliphatic rings. The van der Waals surface area contributed by atoms with Crippen molar-refractivity contribution in [2.45, 2.75) is 4.90 Å². The second-order valence-electron chi connectivity index (χ2n) is 4.14. The minimum absolute atomic E-state index is 0.0383. The van der Waals surface area contributed by atoms with E-state index in [1.165, 1.54) is 25.3 Å². The van der Waals surface area contributed by atoms with Crippen LogP contribution in [0.15, 0.2) is 45.8 Å². The van der Waals surface area contributed by atoms with E-state index in [1.54, 1.807) is 18.2 Å². The lowest BCUT2D eigenvalue weighted by Gasteiger charge is -2.11. The van der Waals surface area contributed by atoms with Crippen molar-refractivity contribution in [3.05, 3.63) is 45.9 Å². The highest BCUT2D eigenvalue weighted by atomic mass is 79.9. The Labute approximate surface area is 136 Å². The zero-order valence-corrected chi connectivity index (χ0v) is 14.1. The molecule has 0 heterocycles. The van der Waals surface area contributed by atoms with Gasteiger partial charge in [0, 0.05) is 0 Å². The highest BCUT2D eigenvalue weighted by molar-refractivity contribution is 9.10. The Bertz CT molecular complexity index is 781. The van der Waals surface area contributed by atoms with E-state index in [9.17, 15) is 8.42 Å². The summed E-state index contributed by atoms with van der Waals surface area (Å²) in [4.78, 5) is 0.0383. The minimum atomic E-state index is -3.74. The summed E-state index contributed by atoms with van der Waals surface area (Å²) in [6, 6.07) is 8.99. The summed E-state index contributed by atoms with van der Waals surface area (Å²) >= 11 is 9.08. The van der Waals surface area contributed by atoms with Crippen molar-refractivity contribution in [2.24, 2.45) is 0 Å². The van der Waals surface area contributed by atoms with Gasteiger partial charge in [-0.3, -0.25) is 4.72 Å². The van der Waals surface area contributed by atoms with Crippen molar-refractivity contribution in [3.63, 3.8) is 0 Å². The number of hydrogen-bond donors (Lipinski definition) is 2. The molecule has 0 aliphatic carbocycles. The van der Waals surface area contributed by atoms with Crippen LogP contribution in [-0.4, -0.2) is 15.5 Å². The molecule has 112 valence electrons. The van der Waals surface area contributed by atoms with E-state index in [0.29, 0.717) is 20.9 Å². The smallest absolute Gasteiger partial charge is 0.261 e. The SMILES string of the molecule is COc1ccc(NS(=O)(=O)c2ccc(Cl)c(N)c2)cc1Br. The Kier molecular flexibility index (Phi) is 4.65. The summed E-state index contributed by atoms with van der Waals surface area (Å²) in [5.41, 5.74) is 6.23. The molecule has 3 N–H and O–H groups in total. The maximum Gasteiger partial charge on any atom is 0.261 e. The van der Waals surface area contributed by atoms with Gasteiger partial charge in [-0.2, -0.15) is 0 Å². The topological polar surface area (TPSA) is 81.4 Å². The summed E-state index contributed by atoms with van der Waals surface area (Å²) < 4.78 is 32.7. The largest absolute Gasteiger partial charge is 0.496 e. The van der Waals surface area contributed by atoms with Crippen LogP contribution in [0.1, 0.15) is 0 Å². The molecule has 0 atom stereocenters. The van der Waals surface area contributed by atoms with E-state index >= 15 is 0 Å². The van der Waals surface area contributed by atoms with Crippen LogP contribution in [0.25, 0.3) is 0 Å². The molecule has 0 saturated heterocycles. The standard InChI is InChI=1S/C13H12BrClN2O3S/c1-20-13-5-2-8(6-10(13)14)17-21(18,19)9-3-4-11(15)12(16)7-9/h2-7,17H,16H2,1H3. The van der Waals surface area contributed by atoms with Crippen molar-refractivity contribution < 1.29 is 13.2 Å². The van der Waals surface area contributed by atoms with E-state index in [0.717, 1.165) is 0 Å². The zero-order valence-electron chi connectivity index (χ0n) is 10.9. The second kappa shape index (κ2) is 6.13. The van der Waals surface area contributed by atoms with Crippen LogP contribution < -0.4 is 15.2 Å². The first kappa shape index (κ1) is 15.9. The van der Waals surface area contributed by atoms with Crippen molar-refractivity contribution in [3.8, 4) is 5.75 Å². The van der Waals surface area contributed by atoms with E-state index in [4.69, 9.17) is 22.1 Å². The maximum atomic E-state index is 12.3. The molecule has 2 aromatic rings. The van der Waals surface area contributed by atoms with E-state index in [-0.39, 0.29) is 10.6 Å². The number of halogens is 2. The average Bonchev–Trinajstić information content (AvgIpc) is 2.41. The second-order valence-corrected chi connectivity index (χ2v) is 7.08. The van der Waals surface area contributed by atoms with Gasteiger partial charge in [-0.05, 0) is 52.3 Å². The van der Waals surface area contributed by atoms with Crippen molar-refractivity contribution >= 4 is 48.9 Å². The van der Waals surface area contributed by atoms with Crippen LogP contribution in [0.3, 0.4) is 0 Å². The first-order chi connectivity index (χ1) is 9.83. The summed E-state index contributed by atoms with van der Waals surface area (Å²) in [6.45, 7) is 0. The molecule has 5 nitrogen and oxygen atoms in total. The quantitative estimate of drug-likeness (QED) is 0.782. The van der Waals surface area contributed by atoms with Crippen LogP contribution >= 0.6 is 27.5 Å². The normalized spacial score (nSPS) is 11.2. The minimum Gasteiger partial charge on any atom is -0.496 e. The molecule has 21 heavy (non-hydrogen) atoms. The van der Waals surface area contributed by atoms with Gasteiger partial charge in [-0.25, -0.2) is 8.42 Å². The van der Waals surface area contributed by atoms with Gasteiger partial charge >= 0.3 is 0 Å². The number of benzene rings is 2. The van der Waals surface area contributed by atoms with Crippen molar-refractivity contribution in [1.82, 2.24) is 0 Å². The molecule has 0 aromatic heterocycles. The summed E-state index contributed by atoms with van der Waals surface area (Å²) in [6.07, 6.45) is 0. The molecule has 0 spiro atoms. The highest BCUT2D eigenvalue weighted by Gasteiger charge is 2.16. The number of methoxy groups -OCH3 is 1. The van der Waals surface area contributed by atoms with Gasteiger partial charge in [0.25, 0.3) is 10.0 Å². The average molecular weight is 392 g/mol. The molecule has 0 aliphatic heterocycles. The van der Waals surface area contributed by atoms with E-state index in [2.05, 4.69) is 20.7 Å². The van der Waals surface area contributed by atoms with Crippen LogP contribution in [0.4, 0.5) is 11.4 Å². The zero-order chi connectivity index (χ0) is 15.6. The Balaban J connectivity index is 2.32. The van der Waals surface area contributed by atoms with E-state index in [1.807, 2.05) is 0 Å². The third-order valence-electron chi connectivity index (χ3n) is 2.68. The highest BCUT2D eigenvalue weighted by Crippen LogP contribution is 2.29. The van der Waals surface area contributed by atoms with Crippen LogP contribution in [-0.2, 0) is 10.0 Å². The van der Waals surface area contributed by atoms with Gasteiger partial charge in [0.2, 0.25) is 0 Å². The van der Waals surface area contributed by atoms with Crippen LogP contribution in [0, 0.1) is 0 Å². The molecule has 2 rings (SSSR count). The molecule has 0 saturated carbocycles. The number of rotatable bonds is 4. The van der Waals surface area contributed by atoms with Crippen molar-refractivity contribution in [1.29, 1.82) is 0 Å². The monoisotopic (exact) mass is 390 g/mol. The van der Waals surface area contributed by atoms with E-state index < -0.39 is 10.0 Å². The third-order valence-corrected chi connectivity index (χ3v) is 5.02. The maximum absolute atomic E-state index is 12.3. The molecule has 0 unspecified atom stereocenters. The Hall–Kier alpha value is -1.44. The molecule has 2 aromatic carbocycles. The van der Waals surface area contributed by atoms with Gasteiger partial charge in [0.15, 0.2) is 0 Å². The van der Waals surface area contributed by atoms with Gasteiger partial charge < -0.3 is 10.5 Å². The van der Waals surface area contributed by atoms with Crippen LogP contribution in [0.2, 0.25) is 5.02 Å². The summed E-state index contributed by atoms with van der Waals surface area (Å²) in [5, 5.41) is 0.307. The fourth-order valence-electron chi connectivity index (χ4n) is 1.63. The lowest BCUT2D eigenvalue weighted by molar-refractivity contribution is 0.412. The Morgan fingerprint density at radius 2 is 1.95 bits per heavy atom. The number of sulfonamides is 1. The summed E-state index contributed by atoms with van der Waals surface area (Å²) in [7, 11) is -2.21. The first-order valence-electron chi connectivity index (χ1n) is 5.75. The molecular formula is C13H12BrClN2O3S. The van der Waals surface area contributed by atoms with Crippen molar-refractivity contribution in [2.75, 3.05) is 17.6 Å². The number of hydrogen-bond acceptors (Lipinski definition) is 4. The molecule has 0 radical (unpaired) electrons. The molecule has 8 heteroatoms. The Morgan fingerprint density at radius 3 is 2.52 bits per heavy atom. The molecule has 0 bridgehead atoms. The third kappa shape index (κ3) is 3.61. The lowest BCUT2D eigenvalue weighted by Crippen LogP contribution is -2.13. The molecular weight excluding hydrogens is 380 g/mol. The predicted molar refractivity (Wildman–Crippen MR) is 87.4 cm³/mol. The first-order valence-corrected chi connectivity index (χ1v) is 8.40. The number of anilines is 2. The van der Waals surface area contributed by atoms with Gasteiger partial charge in [0.05, 0.1) is 32.9 Å². The van der Waals surface area contributed by atoms with Gasteiger partial charge in [-0.15, -0.1) is 0 Å². The number of ether oxygens (including phenoxy) is 1. The number of nitrogen functional groups attached to an aromatic ring is 1. The fourth-order valence-corrected chi connectivity index (χ4v) is 3.38. The lowest BCUT2D eigenvalue weighted by atomic mass is 10.3. The van der Waals surface area contributed by atoms with Gasteiger partial charge in [-0.1, -0.05) is 11.6 Å². The molecule has 0 amide bonds. The fraction of sp³-hybridized carbons (Fsp3) is 0.0769. The number of nitrogens with two attached hydrogens (primary N) is 1. The number of nitrogens with one attached hydrogen (secondary N) is 1. The Morgan fingerprint density at radius 1 is 1.24 bits per heavy atom. The summed E-state index contributed by atoms with van der Waals surface area (Å²) in [5.74, 6) is 0.605. The van der Waals surface area contributed by atoms with Crippen LogP contribution in [0.5, 0.6) is 5.75 Å².